The number of ether oxygens (including phenoxy) is 1. The van der Waals surface area contributed by atoms with Crippen LogP contribution in [0.2, 0.25) is 0 Å². The summed E-state index contributed by atoms with van der Waals surface area (Å²) in [5.74, 6) is 0.245. The molecule has 2 N–H and O–H groups in total. The summed E-state index contributed by atoms with van der Waals surface area (Å²) >= 11 is 0. The average molecular weight is 326 g/mol. The maximum absolute atomic E-state index is 12.0. The first-order chi connectivity index (χ1) is 11.5. The van der Waals surface area contributed by atoms with Gasteiger partial charge >= 0.3 is 0 Å². The number of carbonyl (C=O) groups excluding carboxylic acids is 2. The fraction of sp³-hybridized carbons (Fsp3) is 0.263. The molecular formula is C19H22N2O3. The first-order valence-corrected chi connectivity index (χ1v) is 7.89. The third-order valence-corrected chi connectivity index (χ3v) is 3.56. The molecule has 0 saturated heterocycles. The van der Waals surface area contributed by atoms with Crippen LogP contribution in [0.5, 0.6) is 5.75 Å². The summed E-state index contributed by atoms with van der Waals surface area (Å²) in [5.41, 5.74) is 6.41. The second-order valence-corrected chi connectivity index (χ2v) is 5.79. The predicted octanol–water partition coefficient (Wildman–Crippen LogP) is 3.04. The van der Waals surface area contributed by atoms with E-state index in [0.717, 1.165) is 0 Å². The molecule has 0 radical (unpaired) electrons. The molecule has 0 spiro atoms. The van der Waals surface area contributed by atoms with Gasteiger partial charge in [-0.05, 0) is 42.7 Å². The highest BCUT2D eigenvalue weighted by molar-refractivity contribution is 5.95. The molecule has 1 atom stereocenters. The van der Waals surface area contributed by atoms with Crippen LogP contribution in [0.15, 0.2) is 54.6 Å². The molecule has 2 aromatic rings. The van der Waals surface area contributed by atoms with E-state index in [-0.39, 0.29) is 5.91 Å². The molecular weight excluding hydrogens is 304 g/mol. The van der Waals surface area contributed by atoms with Gasteiger partial charge in [-0.25, -0.2) is 0 Å². The van der Waals surface area contributed by atoms with Crippen LogP contribution in [0.25, 0.3) is 0 Å². The normalized spacial score (nSPS) is 11.7. The SMILES string of the molecule is CC(C)c1ccc(O[C@@H](C)C(=O)NNC(=O)c2ccccc2)cc1. The van der Waals surface area contributed by atoms with E-state index >= 15 is 0 Å². The van der Waals surface area contributed by atoms with Crippen molar-refractivity contribution in [1.82, 2.24) is 10.9 Å². The molecule has 0 aliphatic rings. The number of carbonyl (C=O) groups is 2. The van der Waals surface area contributed by atoms with Crippen molar-refractivity contribution in [2.24, 2.45) is 0 Å². The Morgan fingerprint density at radius 2 is 1.50 bits per heavy atom. The topological polar surface area (TPSA) is 67.4 Å². The van der Waals surface area contributed by atoms with E-state index in [2.05, 4.69) is 24.7 Å². The molecule has 5 heteroatoms. The Morgan fingerprint density at radius 1 is 0.875 bits per heavy atom. The maximum Gasteiger partial charge on any atom is 0.279 e. The summed E-state index contributed by atoms with van der Waals surface area (Å²) in [5, 5.41) is 0. The van der Waals surface area contributed by atoms with Crippen molar-refractivity contribution in [2.75, 3.05) is 0 Å². The van der Waals surface area contributed by atoms with E-state index in [4.69, 9.17) is 4.74 Å². The molecule has 0 aromatic heterocycles. The lowest BCUT2D eigenvalue weighted by Gasteiger charge is -2.16. The third-order valence-electron chi connectivity index (χ3n) is 3.56. The summed E-state index contributed by atoms with van der Waals surface area (Å²) in [4.78, 5) is 23.9. The van der Waals surface area contributed by atoms with Crippen molar-refractivity contribution in [3.05, 3.63) is 65.7 Å². The predicted molar refractivity (Wildman–Crippen MR) is 92.7 cm³/mol. The minimum absolute atomic E-state index is 0.377. The number of nitrogens with one attached hydrogen (secondary N) is 2. The lowest BCUT2D eigenvalue weighted by molar-refractivity contribution is -0.128. The lowest BCUT2D eigenvalue weighted by Crippen LogP contribution is -2.47. The van der Waals surface area contributed by atoms with Gasteiger partial charge in [0.1, 0.15) is 5.75 Å². The summed E-state index contributed by atoms with van der Waals surface area (Å²) < 4.78 is 5.59. The Hall–Kier alpha value is -2.82. The zero-order chi connectivity index (χ0) is 17.5. The third kappa shape index (κ3) is 4.84. The highest BCUT2D eigenvalue weighted by atomic mass is 16.5. The molecule has 0 aliphatic heterocycles. The number of amides is 2. The van der Waals surface area contributed by atoms with Gasteiger partial charge in [0.15, 0.2) is 6.10 Å². The Bertz CT molecular complexity index is 682. The molecule has 24 heavy (non-hydrogen) atoms. The van der Waals surface area contributed by atoms with Crippen LogP contribution in [0.1, 0.15) is 42.6 Å². The van der Waals surface area contributed by atoms with Crippen molar-refractivity contribution in [3.8, 4) is 5.75 Å². The molecule has 0 unspecified atom stereocenters. The van der Waals surface area contributed by atoms with E-state index in [1.54, 1.807) is 31.2 Å². The van der Waals surface area contributed by atoms with Gasteiger partial charge in [0.2, 0.25) is 0 Å². The molecule has 0 bridgehead atoms. The first kappa shape index (κ1) is 17.5. The molecule has 0 heterocycles. The van der Waals surface area contributed by atoms with Gasteiger partial charge < -0.3 is 4.74 Å². The monoisotopic (exact) mass is 326 g/mol. The van der Waals surface area contributed by atoms with Crippen molar-refractivity contribution in [2.45, 2.75) is 32.8 Å². The fourth-order valence-corrected chi connectivity index (χ4v) is 2.07. The molecule has 2 amide bonds. The summed E-state index contributed by atoms with van der Waals surface area (Å²) in [6, 6.07) is 16.3. The molecule has 0 aliphatic carbocycles. The number of hydrogen-bond donors (Lipinski definition) is 2. The van der Waals surface area contributed by atoms with Gasteiger partial charge in [0.05, 0.1) is 0 Å². The van der Waals surface area contributed by atoms with Gasteiger partial charge in [0, 0.05) is 5.56 Å². The second-order valence-electron chi connectivity index (χ2n) is 5.79. The van der Waals surface area contributed by atoms with Crippen molar-refractivity contribution >= 4 is 11.8 Å². The number of benzene rings is 2. The van der Waals surface area contributed by atoms with Crippen LogP contribution in [-0.4, -0.2) is 17.9 Å². The zero-order valence-electron chi connectivity index (χ0n) is 14.1. The molecule has 2 aromatic carbocycles. The van der Waals surface area contributed by atoms with Crippen LogP contribution >= 0.6 is 0 Å². The highest BCUT2D eigenvalue weighted by Gasteiger charge is 2.16. The Morgan fingerprint density at radius 3 is 2.08 bits per heavy atom. The van der Waals surface area contributed by atoms with Crippen molar-refractivity contribution in [3.63, 3.8) is 0 Å². The van der Waals surface area contributed by atoms with Crippen LogP contribution in [0, 0.1) is 0 Å². The Kier molecular flexibility index (Phi) is 5.95. The minimum atomic E-state index is -0.731. The van der Waals surface area contributed by atoms with Crippen LogP contribution in [0.3, 0.4) is 0 Å². The Labute approximate surface area is 142 Å². The molecule has 5 nitrogen and oxygen atoms in total. The van der Waals surface area contributed by atoms with Crippen LogP contribution in [-0.2, 0) is 4.79 Å². The van der Waals surface area contributed by atoms with Crippen molar-refractivity contribution in [1.29, 1.82) is 0 Å². The lowest BCUT2D eigenvalue weighted by atomic mass is 10.0. The standard InChI is InChI=1S/C19H22N2O3/c1-13(2)15-9-11-17(12-10-15)24-14(3)18(22)20-21-19(23)16-7-5-4-6-8-16/h4-14H,1-3H3,(H,20,22)(H,21,23)/t14-/m0/s1. The van der Waals surface area contributed by atoms with E-state index < -0.39 is 12.0 Å². The number of hydrogen-bond acceptors (Lipinski definition) is 3. The fourth-order valence-electron chi connectivity index (χ4n) is 2.07. The Balaban J connectivity index is 1.84. The van der Waals surface area contributed by atoms with E-state index in [9.17, 15) is 9.59 Å². The number of rotatable bonds is 5. The molecule has 2 rings (SSSR count). The maximum atomic E-state index is 12.0. The van der Waals surface area contributed by atoms with Crippen molar-refractivity contribution < 1.29 is 14.3 Å². The summed E-state index contributed by atoms with van der Waals surface area (Å²) in [6.45, 7) is 5.85. The van der Waals surface area contributed by atoms with E-state index in [0.29, 0.717) is 17.2 Å². The van der Waals surface area contributed by atoms with E-state index in [1.165, 1.54) is 5.56 Å². The van der Waals surface area contributed by atoms with Gasteiger partial charge in [-0.2, -0.15) is 0 Å². The number of hydrazine groups is 1. The van der Waals surface area contributed by atoms with Gasteiger partial charge in [-0.3, -0.25) is 20.4 Å². The van der Waals surface area contributed by atoms with Crippen LogP contribution < -0.4 is 15.6 Å². The quantitative estimate of drug-likeness (QED) is 0.830. The van der Waals surface area contributed by atoms with Crippen LogP contribution in [0.4, 0.5) is 0 Å². The summed E-state index contributed by atoms with van der Waals surface area (Å²) in [7, 11) is 0. The smallest absolute Gasteiger partial charge is 0.279 e. The largest absolute Gasteiger partial charge is 0.481 e. The molecule has 0 saturated carbocycles. The summed E-state index contributed by atoms with van der Waals surface area (Å²) in [6.07, 6.45) is -0.731. The average Bonchev–Trinajstić information content (AvgIpc) is 2.60. The first-order valence-electron chi connectivity index (χ1n) is 7.89. The van der Waals surface area contributed by atoms with Gasteiger partial charge in [-0.15, -0.1) is 0 Å². The highest BCUT2D eigenvalue weighted by Crippen LogP contribution is 2.19. The molecule has 0 fully saturated rings. The van der Waals surface area contributed by atoms with Gasteiger partial charge in [-0.1, -0.05) is 44.2 Å². The molecule has 126 valence electrons. The van der Waals surface area contributed by atoms with Gasteiger partial charge in [0.25, 0.3) is 11.8 Å². The van der Waals surface area contributed by atoms with E-state index in [1.807, 2.05) is 30.3 Å². The zero-order valence-corrected chi connectivity index (χ0v) is 14.1. The second kappa shape index (κ2) is 8.15. The minimum Gasteiger partial charge on any atom is -0.481 e.